The molecule has 0 bridgehead atoms. The lowest BCUT2D eigenvalue weighted by molar-refractivity contribution is 0.0191. The maximum atomic E-state index is 10.6. The van der Waals surface area contributed by atoms with E-state index >= 15 is 0 Å². The van der Waals surface area contributed by atoms with Crippen LogP contribution in [0.1, 0.15) is 32.3 Å². The van der Waals surface area contributed by atoms with Gasteiger partial charge in [0.1, 0.15) is 5.60 Å². The predicted octanol–water partition coefficient (Wildman–Crippen LogP) is 1.64. The minimum atomic E-state index is -1.00. The van der Waals surface area contributed by atoms with E-state index in [2.05, 4.69) is 15.6 Å². The lowest BCUT2D eigenvalue weighted by atomic mass is 9.96. The van der Waals surface area contributed by atoms with Crippen LogP contribution in [0, 0.1) is 0 Å². The molecule has 1 saturated heterocycles. The Balaban J connectivity index is 1.75. The molecule has 0 aliphatic carbocycles. The molecule has 2 unspecified atom stereocenters. The van der Waals surface area contributed by atoms with Crippen molar-refractivity contribution in [3.05, 3.63) is 35.9 Å². The molecule has 0 amide bonds. The third kappa shape index (κ3) is 7.02. The average Bonchev–Trinajstić information content (AvgIpc) is 3.13. The SMILES string of the molecule is CCNC(=NCC(C)(O)c1ccccc1)NCCOCC1CCCO1. The maximum Gasteiger partial charge on any atom is 0.191 e. The molecule has 1 aromatic rings. The summed E-state index contributed by atoms with van der Waals surface area (Å²) in [6.45, 7) is 7.59. The molecule has 25 heavy (non-hydrogen) atoms. The molecular weight excluding hydrogens is 318 g/mol. The van der Waals surface area contributed by atoms with Gasteiger partial charge in [-0.2, -0.15) is 0 Å². The van der Waals surface area contributed by atoms with Gasteiger partial charge in [0, 0.05) is 19.7 Å². The van der Waals surface area contributed by atoms with Crippen LogP contribution in [-0.4, -0.2) is 56.6 Å². The summed E-state index contributed by atoms with van der Waals surface area (Å²) < 4.78 is 11.2. The van der Waals surface area contributed by atoms with E-state index in [1.165, 1.54) is 0 Å². The molecule has 6 heteroatoms. The number of nitrogens with one attached hydrogen (secondary N) is 2. The van der Waals surface area contributed by atoms with Gasteiger partial charge in [-0.05, 0) is 32.3 Å². The number of aliphatic hydroxyl groups is 1. The predicted molar refractivity (Wildman–Crippen MR) is 99.8 cm³/mol. The highest BCUT2D eigenvalue weighted by Gasteiger charge is 2.22. The van der Waals surface area contributed by atoms with Gasteiger partial charge in [0.15, 0.2) is 5.96 Å². The van der Waals surface area contributed by atoms with E-state index < -0.39 is 5.60 Å². The molecule has 2 atom stereocenters. The fourth-order valence-corrected chi connectivity index (χ4v) is 2.70. The molecule has 6 nitrogen and oxygen atoms in total. The van der Waals surface area contributed by atoms with Crippen LogP contribution in [0.5, 0.6) is 0 Å². The Hall–Kier alpha value is -1.63. The number of nitrogens with zero attached hydrogens (tertiary/aromatic N) is 1. The monoisotopic (exact) mass is 349 g/mol. The Bertz CT molecular complexity index is 514. The molecule has 1 fully saturated rings. The van der Waals surface area contributed by atoms with Gasteiger partial charge in [-0.25, -0.2) is 4.99 Å². The van der Waals surface area contributed by atoms with Gasteiger partial charge in [0.05, 0.1) is 25.9 Å². The second-order valence-electron chi connectivity index (χ2n) is 6.47. The number of guanidine groups is 1. The minimum Gasteiger partial charge on any atom is -0.384 e. The summed E-state index contributed by atoms with van der Waals surface area (Å²) in [5.41, 5.74) is -0.144. The van der Waals surface area contributed by atoms with Crippen molar-refractivity contribution in [3.63, 3.8) is 0 Å². The van der Waals surface area contributed by atoms with E-state index in [0.717, 1.165) is 31.6 Å². The summed E-state index contributed by atoms with van der Waals surface area (Å²) in [6.07, 6.45) is 2.47. The van der Waals surface area contributed by atoms with Crippen molar-refractivity contribution in [1.29, 1.82) is 0 Å². The molecule has 1 aromatic carbocycles. The maximum absolute atomic E-state index is 10.6. The average molecular weight is 349 g/mol. The van der Waals surface area contributed by atoms with Crippen molar-refractivity contribution in [1.82, 2.24) is 10.6 Å². The van der Waals surface area contributed by atoms with Crippen LogP contribution >= 0.6 is 0 Å². The van der Waals surface area contributed by atoms with Crippen molar-refractivity contribution in [2.24, 2.45) is 4.99 Å². The second kappa shape index (κ2) is 10.4. The Morgan fingerprint density at radius 2 is 2.16 bits per heavy atom. The Morgan fingerprint density at radius 1 is 1.36 bits per heavy atom. The molecule has 140 valence electrons. The van der Waals surface area contributed by atoms with Gasteiger partial charge < -0.3 is 25.2 Å². The topological polar surface area (TPSA) is 75.1 Å². The Morgan fingerprint density at radius 3 is 2.84 bits per heavy atom. The van der Waals surface area contributed by atoms with Gasteiger partial charge in [-0.1, -0.05) is 30.3 Å². The first-order chi connectivity index (χ1) is 12.1. The highest BCUT2D eigenvalue weighted by Crippen LogP contribution is 2.20. The van der Waals surface area contributed by atoms with E-state index in [-0.39, 0.29) is 12.6 Å². The van der Waals surface area contributed by atoms with Gasteiger partial charge in [-0.3, -0.25) is 0 Å². The molecule has 0 saturated carbocycles. The highest BCUT2D eigenvalue weighted by atomic mass is 16.5. The summed E-state index contributed by atoms with van der Waals surface area (Å²) in [7, 11) is 0. The standard InChI is InChI=1S/C19H31N3O3/c1-3-20-18(21-11-13-24-14-17-10-7-12-25-17)22-15-19(2,23)16-8-5-4-6-9-16/h4-6,8-9,17,23H,3,7,10-15H2,1-2H3,(H2,20,21,22). The molecular formula is C19H31N3O3. The quantitative estimate of drug-likeness (QED) is 0.359. The van der Waals surface area contributed by atoms with Crippen LogP contribution in [0.3, 0.4) is 0 Å². The van der Waals surface area contributed by atoms with Crippen LogP contribution in [0.15, 0.2) is 35.3 Å². The molecule has 1 heterocycles. The molecule has 2 rings (SSSR count). The zero-order valence-corrected chi connectivity index (χ0v) is 15.3. The van der Waals surface area contributed by atoms with Crippen molar-refractivity contribution >= 4 is 5.96 Å². The summed E-state index contributed by atoms with van der Waals surface area (Å²) >= 11 is 0. The van der Waals surface area contributed by atoms with Crippen molar-refractivity contribution < 1.29 is 14.6 Å². The van der Waals surface area contributed by atoms with Crippen molar-refractivity contribution in [3.8, 4) is 0 Å². The van der Waals surface area contributed by atoms with E-state index in [9.17, 15) is 5.11 Å². The Kier molecular flexibility index (Phi) is 8.18. The van der Waals surface area contributed by atoms with Gasteiger partial charge in [0.25, 0.3) is 0 Å². The summed E-state index contributed by atoms with van der Waals surface area (Å²) in [5.74, 6) is 0.680. The second-order valence-corrected chi connectivity index (χ2v) is 6.47. The van der Waals surface area contributed by atoms with E-state index in [1.807, 2.05) is 37.3 Å². The van der Waals surface area contributed by atoms with E-state index in [1.54, 1.807) is 6.92 Å². The van der Waals surface area contributed by atoms with Crippen LogP contribution in [-0.2, 0) is 15.1 Å². The molecule has 1 aliphatic rings. The third-order valence-electron chi connectivity index (χ3n) is 4.15. The van der Waals surface area contributed by atoms with Crippen molar-refractivity contribution in [2.45, 2.75) is 38.4 Å². The molecule has 0 aromatic heterocycles. The summed E-state index contributed by atoms with van der Waals surface area (Å²) in [5, 5.41) is 17.1. The fourth-order valence-electron chi connectivity index (χ4n) is 2.70. The van der Waals surface area contributed by atoms with Crippen LogP contribution in [0.4, 0.5) is 0 Å². The lowest BCUT2D eigenvalue weighted by Crippen LogP contribution is -2.40. The number of hydrogen-bond acceptors (Lipinski definition) is 4. The molecule has 3 N–H and O–H groups in total. The molecule has 1 aliphatic heterocycles. The number of aliphatic imine (C=N–C) groups is 1. The first-order valence-corrected chi connectivity index (χ1v) is 9.11. The van der Waals surface area contributed by atoms with Gasteiger partial charge >= 0.3 is 0 Å². The normalized spacial score (nSPS) is 20.3. The third-order valence-corrected chi connectivity index (χ3v) is 4.15. The fraction of sp³-hybridized carbons (Fsp3) is 0.632. The van der Waals surface area contributed by atoms with Crippen LogP contribution in [0.2, 0.25) is 0 Å². The smallest absolute Gasteiger partial charge is 0.191 e. The molecule has 0 radical (unpaired) electrons. The van der Waals surface area contributed by atoms with Crippen molar-refractivity contribution in [2.75, 3.05) is 39.5 Å². The zero-order chi connectivity index (χ0) is 18.0. The van der Waals surface area contributed by atoms with Gasteiger partial charge in [-0.15, -0.1) is 0 Å². The van der Waals surface area contributed by atoms with E-state index in [0.29, 0.717) is 25.7 Å². The number of hydrogen-bond donors (Lipinski definition) is 3. The number of rotatable bonds is 9. The minimum absolute atomic E-state index is 0.253. The zero-order valence-electron chi connectivity index (χ0n) is 15.3. The van der Waals surface area contributed by atoms with E-state index in [4.69, 9.17) is 9.47 Å². The summed E-state index contributed by atoms with van der Waals surface area (Å²) in [6, 6.07) is 9.60. The Labute approximate surface area is 150 Å². The summed E-state index contributed by atoms with van der Waals surface area (Å²) in [4.78, 5) is 4.50. The largest absolute Gasteiger partial charge is 0.384 e. The number of benzene rings is 1. The lowest BCUT2D eigenvalue weighted by Gasteiger charge is -2.22. The van der Waals surface area contributed by atoms with Crippen LogP contribution in [0.25, 0.3) is 0 Å². The number of ether oxygens (including phenoxy) is 2. The first-order valence-electron chi connectivity index (χ1n) is 9.11. The highest BCUT2D eigenvalue weighted by molar-refractivity contribution is 5.79. The van der Waals surface area contributed by atoms with Crippen LogP contribution < -0.4 is 10.6 Å². The first kappa shape index (κ1) is 19.7. The molecule has 0 spiro atoms. The van der Waals surface area contributed by atoms with Gasteiger partial charge in [0.2, 0.25) is 0 Å².